The van der Waals surface area contributed by atoms with E-state index in [2.05, 4.69) is 15.4 Å². The van der Waals surface area contributed by atoms with Crippen LogP contribution >= 0.6 is 0 Å². The molecule has 0 aliphatic carbocycles. The molecule has 1 amide bonds. The summed E-state index contributed by atoms with van der Waals surface area (Å²) >= 11 is 0. The number of sulfonamides is 1. The summed E-state index contributed by atoms with van der Waals surface area (Å²) in [6, 6.07) is 2.49. The van der Waals surface area contributed by atoms with Crippen LogP contribution in [0.4, 0.5) is 24.5 Å². The van der Waals surface area contributed by atoms with E-state index in [1.165, 1.54) is 0 Å². The van der Waals surface area contributed by atoms with Gasteiger partial charge in [0.05, 0.1) is 23.2 Å². The number of hydrogen-bond acceptors (Lipinski definition) is 4. The molecule has 0 radical (unpaired) electrons. The maximum atomic E-state index is 12.9. The number of carbonyl (C=O) groups excluding carboxylic acids is 1. The Balaban J connectivity index is 2.11. The van der Waals surface area contributed by atoms with Gasteiger partial charge < -0.3 is 10.6 Å². The second-order valence-electron chi connectivity index (χ2n) is 6.41. The van der Waals surface area contributed by atoms with Gasteiger partial charge in [0.2, 0.25) is 15.9 Å². The Kier molecular flexibility index (Phi) is 6.51. The van der Waals surface area contributed by atoms with Crippen LogP contribution in [0.1, 0.15) is 31.2 Å². The number of anilines is 2. The summed E-state index contributed by atoms with van der Waals surface area (Å²) in [5.74, 6) is -0.0449. The van der Waals surface area contributed by atoms with Gasteiger partial charge in [0.1, 0.15) is 0 Å². The summed E-state index contributed by atoms with van der Waals surface area (Å²) < 4.78 is 63.6. The first-order chi connectivity index (χ1) is 12.0. The molecule has 26 heavy (non-hydrogen) atoms. The van der Waals surface area contributed by atoms with Crippen LogP contribution in [-0.2, 0) is 21.0 Å². The van der Waals surface area contributed by atoms with Crippen molar-refractivity contribution in [1.82, 2.24) is 5.32 Å². The first kappa shape index (κ1) is 20.5. The first-order valence-electron chi connectivity index (χ1n) is 8.24. The predicted octanol–water partition coefficient (Wildman–Crippen LogP) is 2.80. The topological polar surface area (TPSA) is 87.3 Å². The number of carbonyl (C=O) groups is 1. The fourth-order valence-electron chi connectivity index (χ4n) is 2.83. The molecule has 0 spiro atoms. The maximum Gasteiger partial charge on any atom is 0.416 e. The molecule has 0 bridgehead atoms. The smallest absolute Gasteiger partial charge is 0.324 e. The van der Waals surface area contributed by atoms with Gasteiger partial charge in [-0.1, -0.05) is 0 Å². The van der Waals surface area contributed by atoms with Crippen molar-refractivity contribution >= 4 is 27.3 Å². The maximum absolute atomic E-state index is 12.9. The summed E-state index contributed by atoms with van der Waals surface area (Å²) in [4.78, 5) is 12.1. The Bertz CT molecular complexity index is 745. The monoisotopic (exact) mass is 393 g/mol. The zero-order valence-corrected chi connectivity index (χ0v) is 15.1. The van der Waals surface area contributed by atoms with E-state index in [1.807, 2.05) is 0 Å². The first-order valence-corrected chi connectivity index (χ1v) is 10.1. The van der Waals surface area contributed by atoms with Gasteiger partial charge in [-0.2, -0.15) is 13.2 Å². The van der Waals surface area contributed by atoms with Crippen LogP contribution in [0.2, 0.25) is 0 Å². The van der Waals surface area contributed by atoms with Crippen LogP contribution in [0.15, 0.2) is 18.2 Å². The van der Waals surface area contributed by atoms with Gasteiger partial charge in [0.15, 0.2) is 0 Å². The minimum absolute atomic E-state index is 0.101. The lowest BCUT2D eigenvalue weighted by Crippen LogP contribution is -2.28. The van der Waals surface area contributed by atoms with Gasteiger partial charge in [0, 0.05) is 6.42 Å². The molecule has 1 aliphatic heterocycles. The van der Waals surface area contributed by atoms with E-state index in [0.29, 0.717) is 12.3 Å². The lowest BCUT2D eigenvalue weighted by molar-refractivity contribution is -0.137. The summed E-state index contributed by atoms with van der Waals surface area (Å²) in [5.41, 5.74) is -1.28. The molecule has 1 aliphatic rings. The number of rotatable bonds is 6. The van der Waals surface area contributed by atoms with Crippen molar-refractivity contribution in [3.63, 3.8) is 0 Å². The lowest BCUT2D eigenvalue weighted by atomic mass is 9.93. The summed E-state index contributed by atoms with van der Waals surface area (Å²) in [6.07, 6.45) is -0.998. The molecular weight excluding hydrogens is 371 g/mol. The Morgan fingerprint density at radius 1 is 1.23 bits per heavy atom. The van der Waals surface area contributed by atoms with E-state index in [9.17, 15) is 26.4 Å². The van der Waals surface area contributed by atoms with Crippen LogP contribution < -0.4 is 15.4 Å². The molecule has 0 aromatic heterocycles. The van der Waals surface area contributed by atoms with Gasteiger partial charge in [-0.15, -0.1) is 0 Å². The van der Waals surface area contributed by atoms with Crippen LogP contribution in [-0.4, -0.2) is 33.7 Å². The SMILES string of the molecule is CS(=O)(=O)Nc1ccc(C(F)(F)F)cc1NC(=O)CCC1CCNCC1. The summed E-state index contributed by atoms with van der Waals surface area (Å²) in [6.45, 7) is 1.78. The minimum atomic E-state index is -4.60. The minimum Gasteiger partial charge on any atom is -0.324 e. The second-order valence-corrected chi connectivity index (χ2v) is 8.16. The third kappa shape index (κ3) is 6.49. The molecule has 6 nitrogen and oxygen atoms in total. The van der Waals surface area contributed by atoms with Crippen molar-refractivity contribution in [2.75, 3.05) is 29.4 Å². The lowest BCUT2D eigenvalue weighted by Gasteiger charge is -2.22. The largest absolute Gasteiger partial charge is 0.416 e. The van der Waals surface area contributed by atoms with Crippen molar-refractivity contribution in [2.45, 2.75) is 31.9 Å². The quantitative estimate of drug-likeness (QED) is 0.694. The standard InChI is InChI=1S/C16H22F3N3O3S/c1-26(24,25)22-13-4-3-12(16(17,18)19)10-14(13)21-15(23)5-2-11-6-8-20-9-7-11/h3-4,10-11,20,22H,2,5-9H2,1H3,(H,21,23). The van der Waals surface area contributed by atoms with Crippen molar-refractivity contribution in [1.29, 1.82) is 0 Å². The van der Waals surface area contributed by atoms with Crippen LogP contribution in [0.25, 0.3) is 0 Å². The average Bonchev–Trinajstić information content (AvgIpc) is 2.53. The number of alkyl halides is 3. The molecule has 1 aromatic rings. The molecule has 0 unspecified atom stereocenters. The van der Waals surface area contributed by atoms with Gasteiger partial charge in [-0.25, -0.2) is 8.42 Å². The molecule has 10 heteroatoms. The number of nitrogens with one attached hydrogen (secondary N) is 3. The fraction of sp³-hybridized carbons (Fsp3) is 0.562. The van der Waals surface area contributed by atoms with Gasteiger partial charge >= 0.3 is 6.18 Å². The number of halogens is 3. The van der Waals surface area contributed by atoms with Crippen molar-refractivity contribution in [3.05, 3.63) is 23.8 Å². The molecule has 1 aromatic carbocycles. The van der Waals surface area contributed by atoms with E-state index >= 15 is 0 Å². The predicted molar refractivity (Wildman–Crippen MR) is 93.4 cm³/mol. The zero-order valence-electron chi connectivity index (χ0n) is 14.3. The van der Waals surface area contributed by atoms with E-state index in [0.717, 1.165) is 50.4 Å². The molecule has 1 saturated heterocycles. The van der Waals surface area contributed by atoms with E-state index in [1.54, 1.807) is 0 Å². The van der Waals surface area contributed by atoms with Gasteiger partial charge in [-0.05, 0) is 56.5 Å². The van der Waals surface area contributed by atoms with Gasteiger partial charge in [-0.3, -0.25) is 9.52 Å². The second kappa shape index (κ2) is 8.26. The van der Waals surface area contributed by atoms with E-state index < -0.39 is 27.7 Å². The van der Waals surface area contributed by atoms with Crippen molar-refractivity contribution in [3.8, 4) is 0 Å². The fourth-order valence-corrected chi connectivity index (χ4v) is 3.41. The Morgan fingerprint density at radius 3 is 2.46 bits per heavy atom. The highest BCUT2D eigenvalue weighted by Crippen LogP contribution is 2.34. The molecular formula is C16H22F3N3O3S. The van der Waals surface area contributed by atoms with Crippen LogP contribution in [0, 0.1) is 5.92 Å². The number of amides is 1. The molecule has 1 heterocycles. The zero-order chi connectivity index (χ0) is 19.4. The third-order valence-corrected chi connectivity index (χ3v) is 4.75. The van der Waals surface area contributed by atoms with E-state index in [4.69, 9.17) is 0 Å². The van der Waals surface area contributed by atoms with Crippen LogP contribution in [0.3, 0.4) is 0 Å². The normalized spacial score (nSPS) is 16.3. The Hall–Kier alpha value is -1.81. The molecule has 2 rings (SSSR count). The third-order valence-electron chi connectivity index (χ3n) is 4.15. The molecule has 0 atom stereocenters. The highest BCUT2D eigenvalue weighted by atomic mass is 32.2. The van der Waals surface area contributed by atoms with Gasteiger partial charge in [0.25, 0.3) is 0 Å². The van der Waals surface area contributed by atoms with Crippen molar-refractivity contribution < 1.29 is 26.4 Å². The van der Waals surface area contributed by atoms with E-state index in [-0.39, 0.29) is 17.8 Å². The average molecular weight is 393 g/mol. The highest BCUT2D eigenvalue weighted by molar-refractivity contribution is 7.92. The Labute approximate surface area is 150 Å². The number of hydrogen-bond donors (Lipinski definition) is 3. The summed E-state index contributed by atoms with van der Waals surface area (Å²) in [7, 11) is -3.70. The number of benzene rings is 1. The van der Waals surface area contributed by atoms with Crippen molar-refractivity contribution in [2.24, 2.45) is 5.92 Å². The number of piperidine rings is 1. The molecule has 3 N–H and O–H groups in total. The Morgan fingerprint density at radius 2 is 1.88 bits per heavy atom. The van der Waals surface area contributed by atoms with Crippen LogP contribution in [0.5, 0.6) is 0 Å². The molecule has 146 valence electrons. The highest BCUT2D eigenvalue weighted by Gasteiger charge is 2.31. The molecule has 0 saturated carbocycles. The summed E-state index contributed by atoms with van der Waals surface area (Å²) in [5, 5.41) is 5.62. The molecule has 1 fully saturated rings.